The van der Waals surface area contributed by atoms with Crippen molar-refractivity contribution in [1.82, 2.24) is 14.1 Å². The highest BCUT2D eigenvalue weighted by Gasteiger charge is 2.25. The number of ether oxygens (including phenoxy) is 2. The van der Waals surface area contributed by atoms with Gasteiger partial charge in [0.25, 0.3) is 11.5 Å². The van der Waals surface area contributed by atoms with Gasteiger partial charge in [-0.1, -0.05) is 26.0 Å². The fourth-order valence-electron chi connectivity index (χ4n) is 3.49. The number of hydrogen-bond donors (Lipinski definition) is 2. The number of nitrogen functional groups attached to an aromatic ring is 1. The Labute approximate surface area is 198 Å². The van der Waals surface area contributed by atoms with Gasteiger partial charge in [0.2, 0.25) is 0 Å². The van der Waals surface area contributed by atoms with Crippen LogP contribution in [0.3, 0.4) is 0 Å². The molecule has 0 atom stereocenters. The number of methoxy groups -OCH3 is 1. The third-order valence-electron chi connectivity index (χ3n) is 5.07. The number of carbonyl (C=O) groups is 2. The molecule has 1 amide bonds. The zero-order valence-electron chi connectivity index (χ0n) is 19.6. The van der Waals surface area contributed by atoms with Crippen molar-refractivity contribution in [1.29, 1.82) is 0 Å². The van der Waals surface area contributed by atoms with Gasteiger partial charge in [0, 0.05) is 20.2 Å². The highest BCUT2D eigenvalue weighted by molar-refractivity contribution is 5.97. The number of hydrogen-bond acceptors (Lipinski definition) is 9. The van der Waals surface area contributed by atoms with Gasteiger partial charge >= 0.3 is 17.4 Å². The molecule has 0 unspecified atom stereocenters. The topological polar surface area (TPSA) is 172 Å². The van der Waals surface area contributed by atoms with Crippen LogP contribution in [0.2, 0.25) is 0 Å². The number of carbonyl (C=O) groups excluding carboxylic acids is 2. The van der Waals surface area contributed by atoms with Gasteiger partial charge in [0.1, 0.15) is 12.4 Å². The first-order valence-electron chi connectivity index (χ1n) is 10.8. The molecule has 0 aliphatic heterocycles. The lowest BCUT2D eigenvalue weighted by molar-refractivity contribution is -0.148. The van der Waals surface area contributed by atoms with Crippen molar-refractivity contribution in [3.63, 3.8) is 0 Å². The number of anilines is 2. The number of fused-ring (bicyclic) bond motifs is 1. The first-order chi connectivity index (χ1) is 16.6. The Balaban J connectivity index is 1.81. The summed E-state index contributed by atoms with van der Waals surface area (Å²) in [6, 6.07) is 6.54. The summed E-state index contributed by atoms with van der Waals surface area (Å²) in [5.41, 5.74) is 5.00. The molecule has 35 heavy (non-hydrogen) atoms. The molecule has 2 heterocycles. The molecule has 3 aromatic rings. The molecule has 0 saturated carbocycles. The molecule has 13 nitrogen and oxygen atoms in total. The number of esters is 1. The van der Waals surface area contributed by atoms with Gasteiger partial charge in [0.15, 0.2) is 17.9 Å². The van der Waals surface area contributed by atoms with E-state index in [-0.39, 0.29) is 37.1 Å². The predicted molar refractivity (Wildman–Crippen MR) is 126 cm³/mol. The minimum Gasteiger partial charge on any atom is -0.454 e. The van der Waals surface area contributed by atoms with Crippen molar-refractivity contribution in [2.75, 3.05) is 37.5 Å². The maximum atomic E-state index is 13.0. The lowest BCUT2D eigenvalue weighted by atomic mass is 10.2. The number of H-pyrrole nitrogens is 1. The lowest BCUT2D eigenvalue weighted by Gasteiger charge is -2.24. The van der Waals surface area contributed by atoms with Gasteiger partial charge in [-0.25, -0.2) is 9.59 Å². The fourth-order valence-corrected chi connectivity index (χ4v) is 3.49. The molecule has 0 aliphatic carbocycles. The van der Waals surface area contributed by atoms with Crippen LogP contribution in [0.1, 0.15) is 13.8 Å². The lowest BCUT2D eigenvalue weighted by Crippen LogP contribution is -2.44. The summed E-state index contributed by atoms with van der Waals surface area (Å²) in [5, 5.41) is 0. The largest absolute Gasteiger partial charge is 0.454 e. The van der Waals surface area contributed by atoms with Crippen molar-refractivity contribution in [2.45, 2.75) is 26.9 Å². The normalized spacial score (nSPS) is 11.2. The van der Waals surface area contributed by atoms with Gasteiger partial charge in [-0.3, -0.25) is 33.4 Å². The van der Waals surface area contributed by atoms with E-state index in [1.54, 1.807) is 24.3 Å². The Hall–Kier alpha value is -4.13. The monoisotopic (exact) mass is 489 g/mol. The van der Waals surface area contributed by atoms with E-state index in [0.717, 1.165) is 14.0 Å². The molecule has 1 aromatic carbocycles. The summed E-state index contributed by atoms with van der Waals surface area (Å²) in [6.45, 7) is 2.66. The molecular weight excluding hydrogens is 462 g/mol. The van der Waals surface area contributed by atoms with Crippen LogP contribution in [-0.2, 0) is 32.2 Å². The number of aromatic amines is 1. The second-order valence-electron chi connectivity index (χ2n) is 8.12. The molecule has 0 radical (unpaired) electrons. The highest BCUT2D eigenvalue weighted by Crippen LogP contribution is 2.18. The van der Waals surface area contributed by atoms with Crippen molar-refractivity contribution in [3.8, 4) is 0 Å². The number of nitrogens with two attached hydrogens (primary N) is 1. The maximum Gasteiger partial charge on any atom is 0.420 e. The van der Waals surface area contributed by atoms with Crippen LogP contribution in [-0.4, -0.2) is 52.9 Å². The second kappa shape index (κ2) is 10.9. The number of nitrogens with zero attached hydrogens (tertiary/aromatic N) is 3. The van der Waals surface area contributed by atoms with Crippen LogP contribution in [0.25, 0.3) is 11.1 Å². The van der Waals surface area contributed by atoms with Crippen molar-refractivity contribution in [3.05, 3.63) is 55.7 Å². The zero-order valence-corrected chi connectivity index (χ0v) is 19.6. The van der Waals surface area contributed by atoms with E-state index < -0.39 is 42.0 Å². The SMILES string of the molecule is COCCN(C(=O)COC(=O)Cn1c(=O)oc2ccccc21)c1c(N)n(CC(C)C)c(=O)[nH]c1=O. The van der Waals surface area contributed by atoms with Crippen molar-refractivity contribution in [2.24, 2.45) is 5.92 Å². The Morgan fingerprint density at radius 3 is 2.57 bits per heavy atom. The van der Waals surface area contributed by atoms with Gasteiger partial charge in [-0.05, 0) is 18.1 Å². The Morgan fingerprint density at radius 1 is 1.17 bits per heavy atom. The average Bonchev–Trinajstić information content (AvgIpc) is 3.11. The molecule has 188 valence electrons. The van der Waals surface area contributed by atoms with E-state index in [1.165, 1.54) is 7.11 Å². The van der Waals surface area contributed by atoms with Crippen LogP contribution in [0.15, 0.2) is 43.1 Å². The quantitative estimate of drug-likeness (QED) is 0.369. The van der Waals surface area contributed by atoms with Gasteiger partial charge in [-0.2, -0.15) is 0 Å². The summed E-state index contributed by atoms with van der Waals surface area (Å²) in [6.07, 6.45) is 0. The standard InChI is InChI=1S/C22H27N5O8/c1-13(2)10-27-19(23)18(20(30)24-21(27)31)25(8-9-33-3)16(28)12-34-17(29)11-26-14-6-4-5-7-15(14)35-22(26)32/h4-7,13H,8-12,23H2,1-3H3,(H,24,30,31). The Morgan fingerprint density at radius 2 is 1.89 bits per heavy atom. The molecule has 0 aliphatic rings. The van der Waals surface area contributed by atoms with E-state index in [9.17, 15) is 24.0 Å². The molecule has 0 saturated heterocycles. The Bertz CT molecular complexity index is 1400. The summed E-state index contributed by atoms with van der Waals surface area (Å²) in [7, 11) is 1.41. The van der Waals surface area contributed by atoms with Crippen LogP contribution >= 0.6 is 0 Å². The molecule has 3 N–H and O–H groups in total. The van der Waals surface area contributed by atoms with Crippen molar-refractivity contribution >= 4 is 34.5 Å². The maximum absolute atomic E-state index is 13.0. The third kappa shape index (κ3) is 5.69. The van der Waals surface area contributed by atoms with Crippen LogP contribution in [0.5, 0.6) is 0 Å². The summed E-state index contributed by atoms with van der Waals surface area (Å²) >= 11 is 0. The van der Waals surface area contributed by atoms with Crippen molar-refractivity contribution < 1.29 is 23.5 Å². The molecule has 2 aromatic heterocycles. The molecule has 13 heteroatoms. The van der Waals surface area contributed by atoms with Gasteiger partial charge in [-0.15, -0.1) is 0 Å². The molecule has 3 rings (SSSR count). The summed E-state index contributed by atoms with van der Waals surface area (Å²) < 4.78 is 17.4. The van der Waals surface area contributed by atoms with E-state index >= 15 is 0 Å². The number of benzene rings is 1. The van der Waals surface area contributed by atoms with E-state index in [1.807, 2.05) is 13.8 Å². The highest BCUT2D eigenvalue weighted by atomic mass is 16.5. The van der Waals surface area contributed by atoms with Gasteiger partial charge in [0.05, 0.1) is 12.1 Å². The fraction of sp³-hybridized carbons (Fsp3) is 0.409. The summed E-state index contributed by atoms with van der Waals surface area (Å²) in [4.78, 5) is 65.4. The first-order valence-corrected chi connectivity index (χ1v) is 10.8. The van der Waals surface area contributed by atoms with Gasteiger partial charge < -0.3 is 19.6 Å². The molecule has 0 bridgehead atoms. The minimum absolute atomic E-state index is 0.0280. The first kappa shape index (κ1) is 25.5. The number of para-hydroxylation sites is 2. The number of aromatic nitrogens is 3. The number of oxazole rings is 1. The number of amides is 1. The molecule has 0 fully saturated rings. The van der Waals surface area contributed by atoms with E-state index in [2.05, 4.69) is 4.98 Å². The smallest absolute Gasteiger partial charge is 0.420 e. The summed E-state index contributed by atoms with van der Waals surface area (Å²) in [5.74, 6) is -2.56. The average molecular weight is 489 g/mol. The predicted octanol–water partition coefficient (Wildman–Crippen LogP) is -0.0945. The second-order valence-corrected chi connectivity index (χ2v) is 8.12. The third-order valence-corrected chi connectivity index (χ3v) is 5.07. The number of nitrogens with one attached hydrogen (secondary N) is 1. The number of rotatable bonds is 10. The van der Waals surface area contributed by atoms with Crippen LogP contribution < -0.4 is 27.6 Å². The minimum atomic E-state index is -0.870. The molecular formula is C22H27N5O8. The van der Waals surface area contributed by atoms with Crippen LogP contribution in [0, 0.1) is 5.92 Å². The van der Waals surface area contributed by atoms with Crippen LogP contribution in [0.4, 0.5) is 11.5 Å². The Kier molecular flexibility index (Phi) is 7.91. The zero-order chi connectivity index (χ0) is 25.7. The van der Waals surface area contributed by atoms with E-state index in [0.29, 0.717) is 11.1 Å². The van der Waals surface area contributed by atoms with E-state index in [4.69, 9.17) is 19.6 Å². The molecule has 0 spiro atoms.